The molecule has 1 unspecified atom stereocenters. The molecular formula is C8H19N5. The molecule has 5 heteroatoms. The van der Waals surface area contributed by atoms with Gasteiger partial charge in [-0.3, -0.25) is 15.7 Å². The first-order valence-electron chi connectivity index (χ1n) is 4.34. The first-order chi connectivity index (χ1) is 5.93. The summed E-state index contributed by atoms with van der Waals surface area (Å²) in [6.45, 7) is 7.03. The van der Waals surface area contributed by atoms with Crippen molar-refractivity contribution in [1.29, 1.82) is 5.41 Å². The molecule has 5 nitrogen and oxygen atoms in total. The highest BCUT2D eigenvalue weighted by atomic mass is 15.2. The third-order valence-corrected chi connectivity index (χ3v) is 1.95. The minimum atomic E-state index is -0.182. The molecule has 0 saturated heterocycles. The van der Waals surface area contributed by atoms with Crippen molar-refractivity contribution < 1.29 is 0 Å². The fourth-order valence-electron chi connectivity index (χ4n) is 0.631. The van der Waals surface area contributed by atoms with E-state index in [0.717, 1.165) is 0 Å². The molecule has 0 rings (SSSR count). The molecule has 0 radical (unpaired) electrons. The van der Waals surface area contributed by atoms with Gasteiger partial charge in [-0.1, -0.05) is 20.8 Å². The molecule has 0 saturated carbocycles. The Morgan fingerprint density at radius 2 is 1.92 bits per heavy atom. The summed E-state index contributed by atoms with van der Waals surface area (Å²) in [7, 11) is 0. The maximum Gasteiger partial charge on any atom is 0.195 e. The highest BCUT2D eigenvalue weighted by Gasteiger charge is 2.05. The summed E-state index contributed by atoms with van der Waals surface area (Å²) >= 11 is 0. The topological polar surface area (TPSA) is 100 Å². The molecule has 0 aromatic rings. The molecule has 1 atom stereocenters. The monoisotopic (exact) mass is 185 g/mol. The number of aliphatic imine (C=N–C) groups is 1. The van der Waals surface area contributed by atoms with E-state index in [1.165, 1.54) is 0 Å². The second-order valence-corrected chi connectivity index (χ2v) is 3.49. The van der Waals surface area contributed by atoms with Gasteiger partial charge in [0, 0.05) is 6.54 Å². The van der Waals surface area contributed by atoms with Gasteiger partial charge in [-0.15, -0.1) is 0 Å². The summed E-state index contributed by atoms with van der Waals surface area (Å²) in [4.78, 5) is 4.05. The van der Waals surface area contributed by atoms with Crippen molar-refractivity contribution in [2.45, 2.75) is 20.8 Å². The third kappa shape index (κ3) is 5.95. The van der Waals surface area contributed by atoms with Crippen LogP contribution in [0.2, 0.25) is 0 Å². The van der Waals surface area contributed by atoms with Crippen molar-refractivity contribution in [3.63, 3.8) is 0 Å². The summed E-state index contributed by atoms with van der Waals surface area (Å²) < 4.78 is 0. The smallest absolute Gasteiger partial charge is 0.195 e. The molecule has 0 aliphatic rings. The number of hydrogen-bond acceptors (Lipinski definition) is 2. The van der Waals surface area contributed by atoms with Gasteiger partial charge in [0.1, 0.15) is 0 Å². The summed E-state index contributed by atoms with van der Waals surface area (Å²) in [6.07, 6.45) is 0. The average Bonchev–Trinajstić information content (AvgIpc) is 1.98. The van der Waals surface area contributed by atoms with Crippen LogP contribution in [0, 0.1) is 17.2 Å². The Bertz CT molecular complexity index is 197. The van der Waals surface area contributed by atoms with E-state index < -0.39 is 0 Å². The number of nitrogens with zero attached hydrogens (tertiary/aromatic N) is 1. The number of nitrogens with two attached hydrogens (primary N) is 2. The van der Waals surface area contributed by atoms with E-state index in [0.29, 0.717) is 18.4 Å². The van der Waals surface area contributed by atoms with Crippen LogP contribution in [-0.2, 0) is 0 Å². The number of guanidine groups is 2. The molecule has 0 bridgehead atoms. The zero-order valence-corrected chi connectivity index (χ0v) is 8.46. The maximum atomic E-state index is 6.90. The van der Waals surface area contributed by atoms with E-state index in [4.69, 9.17) is 16.9 Å². The second-order valence-electron chi connectivity index (χ2n) is 3.49. The molecule has 0 spiro atoms. The summed E-state index contributed by atoms with van der Waals surface area (Å²) in [5.74, 6) is 1.08. The number of nitrogens with one attached hydrogen (secondary N) is 2. The fourth-order valence-corrected chi connectivity index (χ4v) is 0.631. The van der Waals surface area contributed by atoms with Crippen molar-refractivity contribution in [2.75, 3.05) is 6.54 Å². The number of rotatable bonds is 3. The van der Waals surface area contributed by atoms with Crippen molar-refractivity contribution in [1.82, 2.24) is 5.32 Å². The number of hydrogen-bond donors (Lipinski definition) is 4. The van der Waals surface area contributed by atoms with Gasteiger partial charge in [0.15, 0.2) is 11.9 Å². The summed E-state index contributed by atoms with van der Waals surface area (Å²) in [5, 5.41) is 9.33. The zero-order valence-electron chi connectivity index (χ0n) is 8.46. The van der Waals surface area contributed by atoms with Crippen molar-refractivity contribution in [3.05, 3.63) is 0 Å². The minimum Gasteiger partial charge on any atom is -0.370 e. The van der Waals surface area contributed by atoms with Gasteiger partial charge in [0.2, 0.25) is 0 Å². The predicted molar refractivity (Wildman–Crippen MR) is 55.5 cm³/mol. The van der Waals surface area contributed by atoms with Crippen LogP contribution < -0.4 is 16.8 Å². The van der Waals surface area contributed by atoms with Gasteiger partial charge < -0.3 is 11.5 Å². The molecule has 76 valence electrons. The van der Waals surface area contributed by atoms with Gasteiger partial charge in [0.05, 0.1) is 0 Å². The highest BCUT2D eigenvalue weighted by molar-refractivity contribution is 5.95. The van der Waals surface area contributed by atoms with Crippen molar-refractivity contribution in [3.8, 4) is 0 Å². The molecule has 0 aromatic heterocycles. The van der Waals surface area contributed by atoms with E-state index in [1.54, 1.807) is 0 Å². The summed E-state index contributed by atoms with van der Waals surface area (Å²) in [6, 6.07) is 0. The zero-order chi connectivity index (χ0) is 10.4. The normalized spacial score (nSPS) is 14.3. The predicted octanol–water partition coefficient (Wildman–Crippen LogP) is 0.0763. The first kappa shape index (κ1) is 11.7. The van der Waals surface area contributed by atoms with Gasteiger partial charge in [0.25, 0.3) is 0 Å². The lowest BCUT2D eigenvalue weighted by Crippen LogP contribution is -2.41. The quantitative estimate of drug-likeness (QED) is 0.370. The van der Waals surface area contributed by atoms with Gasteiger partial charge in [-0.2, -0.15) is 0 Å². The molecule has 13 heavy (non-hydrogen) atoms. The Morgan fingerprint density at radius 1 is 1.38 bits per heavy atom. The molecule has 0 aliphatic carbocycles. The average molecular weight is 185 g/mol. The Kier molecular flexibility index (Phi) is 4.87. The molecule has 0 heterocycles. The molecule has 6 N–H and O–H groups in total. The maximum absolute atomic E-state index is 6.90. The molecule has 0 aliphatic heterocycles. The van der Waals surface area contributed by atoms with E-state index in [9.17, 15) is 0 Å². The molecule has 0 aromatic carbocycles. The van der Waals surface area contributed by atoms with E-state index in [1.807, 2.05) is 0 Å². The van der Waals surface area contributed by atoms with Gasteiger partial charge in [-0.05, 0) is 11.8 Å². The van der Waals surface area contributed by atoms with E-state index >= 15 is 0 Å². The Labute approximate surface area is 79.1 Å². The minimum absolute atomic E-state index is 0.182. The Hall–Kier alpha value is -1.26. The van der Waals surface area contributed by atoms with Crippen LogP contribution in [0.15, 0.2) is 4.99 Å². The fraction of sp³-hybridized carbons (Fsp3) is 0.750. The molecular weight excluding hydrogens is 166 g/mol. The van der Waals surface area contributed by atoms with Crippen LogP contribution in [0.1, 0.15) is 20.8 Å². The lowest BCUT2D eigenvalue weighted by molar-refractivity contribution is 0.430. The largest absolute Gasteiger partial charge is 0.370 e. The Balaban J connectivity index is 3.89. The second kappa shape index (κ2) is 5.40. The van der Waals surface area contributed by atoms with E-state index in [2.05, 4.69) is 31.1 Å². The lowest BCUT2D eigenvalue weighted by atomic mass is 9.99. The Morgan fingerprint density at radius 3 is 2.31 bits per heavy atom. The van der Waals surface area contributed by atoms with Crippen LogP contribution in [0.25, 0.3) is 0 Å². The molecule has 0 fully saturated rings. The van der Waals surface area contributed by atoms with Crippen LogP contribution in [0.4, 0.5) is 0 Å². The van der Waals surface area contributed by atoms with Crippen LogP contribution >= 0.6 is 0 Å². The molecule has 0 amide bonds. The summed E-state index contributed by atoms with van der Waals surface area (Å²) in [5.41, 5.74) is 10.5. The van der Waals surface area contributed by atoms with Crippen LogP contribution in [0.5, 0.6) is 0 Å². The lowest BCUT2D eigenvalue weighted by Gasteiger charge is -2.12. The van der Waals surface area contributed by atoms with Crippen molar-refractivity contribution in [2.24, 2.45) is 28.3 Å². The first-order valence-corrected chi connectivity index (χ1v) is 4.34. The standard InChI is InChI=1S/C8H19N5/c1-5(2)6(3)4-12-8(11)13-7(9)10/h5-6H,4H2,1-3H3,(H6,9,10,11,12,13). The third-order valence-electron chi connectivity index (χ3n) is 1.95. The van der Waals surface area contributed by atoms with Gasteiger partial charge in [-0.25, -0.2) is 0 Å². The van der Waals surface area contributed by atoms with E-state index in [-0.39, 0.29) is 11.9 Å². The highest BCUT2D eigenvalue weighted by Crippen LogP contribution is 2.08. The van der Waals surface area contributed by atoms with Crippen molar-refractivity contribution >= 4 is 11.9 Å². The van der Waals surface area contributed by atoms with Crippen LogP contribution in [0.3, 0.4) is 0 Å². The van der Waals surface area contributed by atoms with Gasteiger partial charge >= 0.3 is 0 Å². The SMILES string of the molecule is CC(C)C(C)CN=C(N)NC(=N)N. The van der Waals surface area contributed by atoms with Crippen LogP contribution in [-0.4, -0.2) is 18.5 Å².